The summed E-state index contributed by atoms with van der Waals surface area (Å²) in [5.74, 6) is 0. The molecule has 0 spiro atoms. The average molecular weight is 403 g/mol. The number of nitrogens with two attached hydrogens (primary N) is 1. The highest BCUT2D eigenvalue weighted by molar-refractivity contribution is 5.67. The van der Waals surface area contributed by atoms with Crippen LogP contribution in [-0.2, 0) is 9.47 Å². The lowest BCUT2D eigenvalue weighted by atomic mass is 10.2. The number of unbranched alkanes of at least 4 members (excludes halogenated alkanes) is 1. The van der Waals surface area contributed by atoms with Crippen molar-refractivity contribution >= 4 is 12.2 Å². The number of nitrogens with zero attached hydrogens (tertiary/aromatic N) is 1. The number of hydrogen-bond acceptors (Lipinski definition) is 6. The van der Waals surface area contributed by atoms with Crippen molar-refractivity contribution in [3.63, 3.8) is 0 Å². The van der Waals surface area contributed by atoms with E-state index >= 15 is 0 Å². The Morgan fingerprint density at radius 3 is 1.64 bits per heavy atom. The number of hydrogen-bond donors (Lipinski definition) is 3. The third-order valence-electron chi connectivity index (χ3n) is 3.57. The van der Waals surface area contributed by atoms with Crippen LogP contribution in [0.3, 0.4) is 0 Å². The maximum Gasteiger partial charge on any atom is 0.407 e. The van der Waals surface area contributed by atoms with E-state index in [0.717, 1.165) is 45.3 Å². The van der Waals surface area contributed by atoms with Crippen LogP contribution in [0.15, 0.2) is 0 Å². The van der Waals surface area contributed by atoms with E-state index in [1.807, 2.05) is 41.5 Å². The van der Waals surface area contributed by atoms with Crippen LogP contribution < -0.4 is 16.4 Å². The summed E-state index contributed by atoms with van der Waals surface area (Å²) in [6.45, 7) is 15.7. The van der Waals surface area contributed by atoms with Gasteiger partial charge in [0.2, 0.25) is 0 Å². The molecule has 28 heavy (non-hydrogen) atoms. The normalized spacial score (nSPS) is 12.0. The fourth-order valence-electron chi connectivity index (χ4n) is 2.42. The number of rotatable bonds is 12. The highest BCUT2D eigenvalue weighted by atomic mass is 16.6. The Kier molecular flexibility index (Phi) is 12.9. The van der Waals surface area contributed by atoms with E-state index in [9.17, 15) is 9.59 Å². The number of amides is 2. The molecule has 8 nitrogen and oxygen atoms in total. The fourth-order valence-corrected chi connectivity index (χ4v) is 2.42. The van der Waals surface area contributed by atoms with Crippen molar-refractivity contribution in [2.45, 2.75) is 78.4 Å². The average Bonchev–Trinajstić information content (AvgIpc) is 2.52. The van der Waals surface area contributed by atoms with Gasteiger partial charge >= 0.3 is 12.2 Å². The minimum absolute atomic E-state index is 0.374. The van der Waals surface area contributed by atoms with Crippen LogP contribution in [0.1, 0.15) is 67.2 Å². The van der Waals surface area contributed by atoms with Gasteiger partial charge in [0.15, 0.2) is 0 Å². The van der Waals surface area contributed by atoms with Crippen LogP contribution >= 0.6 is 0 Å². The predicted molar refractivity (Wildman–Crippen MR) is 112 cm³/mol. The van der Waals surface area contributed by atoms with E-state index in [0.29, 0.717) is 19.6 Å². The van der Waals surface area contributed by atoms with E-state index < -0.39 is 11.2 Å². The van der Waals surface area contributed by atoms with Crippen molar-refractivity contribution in [1.82, 2.24) is 15.5 Å². The highest BCUT2D eigenvalue weighted by Crippen LogP contribution is 2.07. The molecule has 0 aliphatic carbocycles. The fraction of sp³-hybridized carbons (Fsp3) is 0.900. The van der Waals surface area contributed by atoms with Gasteiger partial charge in [-0.1, -0.05) is 0 Å². The van der Waals surface area contributed by atoms with Crippen molar-refractivity contribution in [2.24, 2.45) is 5.73 Å². The maximum atomic E-state index is 11.7. The zero-order valence-electron chi connectivity index (χ0n) is 18.7. The lowest BCUT2D eigenvalue weighted by molar-refractivity contribution is 0.0513. The number of alkyl carbamates (subject to hydrolysis) is 2. The van der Waals surface area contributed by atoms with Gasteiger partial charge in [0.1, 0.15) is 11.2 Å². The lowest BCUT2D eigenvalue weighted by Crippen LogP contribution is -2.35. The van der Waals surface area contributed by atoms with Crippen molar-refractivity contribution in [1.29, 1.82) is 0 Å². The first-order valence-corrected chi connectivity index (χ1v) is 10.3. The van der Waals surface area contributed by atoms with E-state index in [1.165, 1.54) is 0 Å². The molecule has 0 unspecified atom stereocenters. The van der Waals surface area contributed by atoms with Gasteiger partial charge < -0.3 is 30.7 Å². The van der Waals surface area contributed by atoms with E-state index in [-0.39, 0.29) is 12.2 Å². The monoisotopic (exact) mass is 402 g/mol. The quantitative estimate of drug-likeness (QED) is 0.434. The molecule has 0 aromatic rings. The summed E-state index contributed by atoms with van der Waals surface area (Å²) in [6, 6.07) is 0. The van der Waals surface area contributed by atoms with E-state index in [4.69, 9.17) is 15.2 Å². The molecule has 0 rings (SSSR count). The molecule has 0 fully saturated rings. The van der Waals surface area contributed by atoms with Gasteiger partial charge in [-0.3, -0.25) is 0 Å². The van der Waals surface area contributed by atoms with Crippen LogP contribution in [0.2, 0.25) is 0 Å². The van der Waals surface area contributed by atoms with Gasteiger partial charge in [0, 0.05) is 13.1 Å². The lowest BCUT2D eigenvalue weighted by Gasteiger charge is -2.23. The smallest absolute Gasteiger partial charge is 0.407 e. The van der Waals surface area contributed by atoms with Gasteiger partial charge in [-0.15, -0.1) is 0 Å². The molecular weight excluding hydrogens is 360 g/mol. The minimum Gasteiger partial charge on any atom is -0.444 e. The van der Waals surface area contributed by atoms with Crippen LogP contribution in [-0.4, -0.2) is 67.6 Å². The second-order valence-electron chi connectivity index (χ2n) is 8.90. The molecule has 0 aliphatic heterocycles. The number of carbonyl (C=O) groups is 2. The predicted octanol–water partition coefficient (Wildman–Crippen LogP) is 2.86. The summed E-state index contributed by atoms with van der Waals surface area (Å²) in [5, 5.41) is 5.56. The molecule has 0 saturated carbocycles. The molecule has 4 N–H and O–H groups in total. The summed E-state index contributed by atoms with van der Waals surface area (Å²) in [6.07, 6.45) is 2.89. The Morgan fingerprint density at radius 1 is 0.750 bits per heavy atom. The summed E-state index contributed by atoms with van der Waals surface area (Å²) >= 11 is 0. The topological polar surface area (TPSA) is 106 Å². The number of carbonyl (C=O) groups excluding carboxylic acids is 2. The van der Waals surface area contributed by atoms with Crippen LogP contribution in [0, 0.1) is 0 Å². The highest BCUT2D eigenvalue weighted by Gasteiger charge is 2.16. The SMILES string of the molecule is CC(C)(C)OC(=O)NCCCCN(CCCN)CCCNC(=O)OC(C)(C)C. The largest absolute Gasteiger partial charge is 0.444 e. The zero-order chi connectivity index (χ0) is 21.6. The molecule has 0 bridgehead atoms. The first-order valence-electron chi connectivity index (χ1n) is 10.3. The van der Waals surface area contributed by atoms with Gasteiger partial charge in [-0.2, -0.15) is 0 Å². The first-order chi connectivity index (χ1) is 12.9. The molecule has 2 amide bonds. The Labute approximate surface area is 170 Å². The molecule has 0 atom stereocenters. The molecule has 0 aromatic carbocycles. The van der Waals surface area contributed by atoms with E-state index in [1.54, 1.807) is 0 Å². The zero-order valence-corrected chi connectivity index (χ0v) is 18.7. The molecule has 8 heteroatoms. The second-order valence-corrected chi connectivity index (χ2v) is 8.90. The third kappa shape index (κ3) is 17.9. The summed E-state index contributed by atoms with van der Waals surface area (Å²) in [7, 11) is 0. The second kappa shape index (κ2) is 13.6. The van der Waals surface area contributed by atoms with Gasteiger partial charge in [0.25, 0.3) is 0 Å². The summed E-state index contributed by atoms with van der Waals surface area (Å²) in [4.78, 5) is 25.6. The Balaban J connectivity index is 3.98. The Bertz CT molecular complexity index is 444. The Morgan fingerprint density at radius 2 is 1.18 bits per heavy atom. The van der Waals surface area contributed by atoms with Crippen molar-refractivity contribution < 1.29 is 19.1 Å². The first kappa shape index (κ1) is 26.5. The maximum absolute atomic E-state index is 11.7. The molecule has 0 saturated heterocycles. The van der Waals surface area contributed by atoms with Gasteiger partial charge in [-0.05, 0) is 93.4 Å². The molecule has 0 aromatic heterocycles. The molecular formula is C20H42N4O4. The molecule has 0 heterocycles. The minimum atomic E-state index is -0.482. The van der Waals surface area contributed by atoms with Crippen molar-refractivity contribution in [3.8, 4) is 0 Å². The summed E-state index contributed by atoms with van der Waals surface area (Å²) in [5.41, 5.74) is 4.67. The Hall–Kier alpha value is -1.54. The summed E-state index contributed by atoms with van der Waals surface area (Å²) < 4.78 is 10.4. The third-order valence-corrected chi connectivity index (χ3v) is 3.57. The van der Waals surface area contributed by atoms with Crippen molar-refractivity contribution in [2.75, 3.05) is 39.3 Å². The molecule has 166 valence electrons. The van der Waals surface area contributed by atoms with Gasteiger partial charge in [0.05, 0.1) is 0 Å². The number of nitrogens with one attached hydrogen (secondary N) is 2. The number of ether oxygens (including phenoxy) is 2. The van der Waals surface area contributed by atoms with Crippen LogP contribution in [0.5, 0.6) is 0 Å². The standard InChI is InChI=1S/C20H42N4O4/c1-19(2,3)27-17(25)22-12-7-8-14-24(15-9-11-21)16-10-13-23-18(26)28-20(4,5)6/h7-16,21H2,1-6H3,(H,22,25)(H,23,26). The molecule has 0 radical (unpaired) electrons. The van der Waals surface area contributed by atoms with Gasteiger partial charge in [-0.25, -0.2) is 9.59 Å². The molecule has 0 aliphatic rings. The van der Waals surface area contributed by atoms with Crippen LogP contribution in [0.4, 0.5) is 9.59 Å². The van der Waals surface area contributed by atoms with E-state index in [2.05, 4.69) is 15.5 Å². The van der Waals surface area contributed by atoms with Crippen LogP contribution in [0.25, 0.3) is 0 Å². The van der Waals surface area contributed by atoms with Crippen molar-refractivity contribution in [3.05, 3.63) is 0 Å².